The molecule has 3 fully saturated rings. The number of allylic oxidation sites excluding steroid dienone is 1. The van der Waals surface area contributed by atoms with E-state index in [1.807, 2.05) is 25.1 Å². The third kappa shape index (κ3) is 7.79. The van der Waals surface area contributed by atoms with E-state index < -0.39 is 21.2 Å². The molecule has 3 aliphatic heterocycles. The van der Waals surface area contributed by atoms with E-state index in [-0.39, 0.29) is 17.4 Å². The second-order valence-electron chi connectivity index (χ2n) is 16.4. The molecule has 282 valence electrons. The Morgan fingerprint density at radius 1 is 1.08 bits per heavy atom. The lowest BCUT2D eigenvalue weighted by Gasteiger charge is -2.46. The maximum absolute atomic E-state index is 14.0. The van der Waals surface area contributed by atoms with Gasteiger partial charge in [-0.15, -0.1) is 0 Å². The van der Waals surface area contributed by atoms with Gasteiger partial charge in [-0.3, -0.25) is 9.69 Å². The number of halogens is 1. The summed E-state index contributed by atoms with van der Waals surface area (Å²) in [6.45, 7) is 8.96. The van der Waals surface area contributed by atoms with Crippen LogP contribution in [-0.2, 0) is 31.3 Å². The molecule has 0 unspecified atom stereocenters. The highest BCUT2D eigenvalue weighted by Gasteiger charge is 2.45. The van der Waals surface area contributed by atoms with Crippen LogP contribution < -0.4 is 14.4 Å². The van der Waals surface area contributed by atoms with E-state index in [0.29, 0.717) is 49.4 Å². The summed E-state index contributed by atoms with van der Waals surface area (Å²) in [4.78, 5) is 18.7. The fourth-order valence-corrected chi connectivity index (χ4v) is 11.4. The Bertz CT molecular complexity index is 1760. The maximum atomic E-state index is 14.0. The summed E-state index contributed by atoms with van der Waals surface area (Å²) in [6.07, 6.45) is 12.8. The molecule has 0 aromatic heterocycles. The van der Waals surface area contributed by atoms with Crippen LogP contribution in [0.2, 0.25) is 5.02 Å². The van der Waals surface area contributed by atoms with Gasteiger partial charge in [-0.25, -0.2) is 13.1 Å². The Labute approximate surface area is 314 Å². The van der Waals surface area contributed by atoms with Crippen molar-refractivity contribution in [2.45, 2.75) is 81.5 Å². The van der Waals surface area contributed by atoms with Crippen LogP contribution >= 0.6 is 11.6 Å². The fourth-order valence-electron chi connectivity index (χ4n) is 9.45. The number of ether oxygens (including phenoxy) is 3. The van der Waals surface area contributed by atoms with E-state index in [2.05, 4.69) is 38.8 Å². The molecule has 3 heterocycles. The first-order valence-corrected chi connectivity index (χ1v) is 21.5. The molecule has 6 aliphatic rings. The second kappa shape index (κ2) is 15.2. The Balaban J connectivity index is 1.14. The average Bonchev–Trinajstić information content (AvgIpc) is 3.96. The van der Waals surface area contributed by atoms with Crippen molar-refractivity contribution in [3.63, 3.8) is 0 Å². The predicted octanol–water partition coefficient (Wildman–Crippen LogP) is 6.38. The van der Waals surface area contributed by atoms with Crippen molar-refractivity contribution in [2.24, 2.45) is 23.7 Å². The van der Waals surface area contributed by atoms with Crippen molar-refractivity contribution >= 4 is 33.2 Å². The van der Waals surface area contributed by atoms with Crippen LogP contribution in [0.1, 0.15) is 79.8 Å². The molecular weight excluding hydrogens is 698 g/mol. The van der Waals surface area contributed by atoms with Crippen molar-refractivity contribution in [1.29, 1.82) is 0 Å². The lowest BCUT2D eigenvalue weighted by Crippen LogP contribution is -2.50. The summed E-state index contributed by atoms with van der Waals surface area (Å²) < 4.78 is 49.5. The number of anilines is 1. The highest BCUT2D eigenvalue weighted by molar-refractivity contribution is 7.90. The molecule has 0 radical (unpaired) electrons. The molecule has 2 saturated carbocycles. The SMILES string of the molecule is C[C@@H]1C/C=C/[C@H](OCCN2CCOCC2)[C@@H]2CC[C@H]2CN2C[C@@]3(CCCc4cc(Cl)ccc43)COc3ccc(cc32)C(=O)NS(=O)(=O)[C@H]1CC1CC1. The van der Waals surface area contributed by atoms with Crippen LogP contribution in [0, 0.1) is 23.7 Å². The number of rotatable bonds is 6. The first-order valence-electron chi connectivity index (χ1n) is 19.6. The van der Waals surface area contributed by atoms with Crippen LogP contribution in [0.3, 0.4) is 0 Å². The Hall–Kier alpha value is -2.63. The van der Waals surface area contributed by atoms with Gasteiger partial charge < -0.3 is 19.1 Å². The number of hydrogen-bond donors (Lipinski definition) is 1. The van der Waals surface area contributed by atoms with Crippen LogP contribution in [0.4, 0.5) is 5.69 Å². The molecule has 1 saturated heterocycles. The van der Waals surface area contributed by atoms with E-state index in [1.165, 1.54) is 11.1 Å². The van der Waals surface area contributed by atoms with Gasteiger partial charge >= 0.3 is 0 Å². The highest BCUT2D eigenvalue weighted by atomic mass is 35.5. The zero-order valence-electron chi connectivity index (χ0n) is 30.4. The number of nitrogens with zero attached hydrogens (tertiary/aromatic N) is 2. The van der Waals surface area contributed by atoms with E-state index in [4.69, 9.17) is 25.8 Å². The molecule has 52 heavy (non-hydrogen) atoms. The Kier molecular flexibility index (Phi) is 10.7. The minimum Gasteiger partial charge on any atom is -0.490 e. The minimum absolute atomic E-state index is 0.0568. The largest absolute Gasteiger partial charge is 0.490 e. The molecule has 1 amide bonds. The molecule has 6 atom stereocenters. The number of carbonyl (C=O) groups excluding carboxylic acids is 1. The number of nitrogens with one attached hydrogen (secondary N) is 1. The van der Waals surface area contributed by atoms with E-state index in [0.717, 1.165) is 107 Å². The Morgan fingerprint density at radius 3 is 2.71 bits per heavy atom. The predicted molar refractivity (Wildman–Crippen MR) is 204 cm³/mol. The number of hydrogen-bond acceptors (Lipinski definition) is 8. The maximum Gasteiger partial charge on any atom is 0.264 e. The number of morpholine rings is 1. The van der Waals surface area contributed by atoms with Gasteiger partial charge in [0, 0.05) is 48.7 Å². The molecule has 8 rings (SSSR count). The van der Waals surface area contributed by atoms with Crippen molar-refractivity contribution in [1.82, 2.24) is 9.62 Å². The Morgan fingerprint density at radius 2 is 1.92 bits per heavy atom. The van der Waals surface area contributed by atoms with Crippen molar-refractivity contribution in [3.05, 3.63) is 70.3 Å². The van der Waals surface area contributed by atoms with Gasteiger partial charge in [0.25, 0.3) is 5.91 Å². The standard InChI is InChI=1S/C41H54ClN3O6S/c1-28-4-2-6-37(50-21-18-44-16-19-49-20-17-44)34-12-9-32(34)25-45-26-41(15-3-5-30-23-33(42)11-13-35(30)41)27-51-38-14-10-31(24-36(38)45)40(46)43-52(47,48)39(28)22-29-7-8-29/h2,6,10-11,13-14,23-24,28-29,32,34,37,39H,3-5,7-9,12,15-22,25-27H2,1H3,(H,43,46)/b6-2+/t28-,32+,34-,37+,39+,41+/m1/s1. The fraction of sp³-hybridized carbons (Fsp3) is 0.634. The summed E-state index contributed by atoms with van der Waals surface area (Å²) in [7, 11) is -3.94. The molecule has 3 aliphatic carbocycles. The molecule has 9 nitrogen and oxygen atoms in total. The van der Waals surface area contributed by atoms with Gasteiger partial charge in [0.15, 0.2) is 0 Å². The molecule has 2 aromatic carbocycles. The average molecular weight is 752 g/mol. The number of amides is 1. The van der Waals surface area contributed by atoms with Gasteiger partial charge in [-0.05, 0) is 110 Å². The first kappa shape index (κ1) is 36.4. The minimum atomic E-state index is -3.94. The highest BCUT2D eigenvalue weighted by Crippen LogP contribution is 2.47. The first-order chi connectivity index (χ1) is 25.2. The summed E-state index contributed by atoms with van der Waals surface area (Å²) >= 11 is 6.49. The normalized spacial score (nSPS) is 32.8. The van der Waals surface area contributed by atoms with Crippen molar-refractivity contribution in [3.8, 4) is 5.75 Å². The molecule has 1 spiro atoms. The monoisotopic (exact) mass is 751 g/mol. The quantitative estimate of drug-likeness (QED) is 0.340. The van der Waals surface area contributed by atoms with Crippen LogP contribution in [0.15, 0.2) is 48.6 Å². The number of fused-ring (bicyclic) bond motifs is 4. The molecule has 1 N–H and O–H groups in total. The van der Waals surface area contributed by atoms with Crippen LogP contribution in [0.5, 0.6) is 5.75 Å². The summed E-state index contributed by atoms with van der Waals surface area (Å²) in [5, 5.41) is 0.0991. The number of benzene rings is 2. The van der Waals surface area contributed by atoms with E-state index >= 15 is 0 Å². The lowest BCUT2D eigenvalue weighted by atomic mass is 9.68. The van der Waals surface area contributed by atoms with Gasteiger partial charge in [0.05, 0.1) is 43.5 Å². The van der Waals surface area contributed by atoms with E-state index in [9.17, 15) is 13.2 Å². The molecular formula is C41H54ClN3O6S. The zero-order chi connectivity index (χ0) is 35.9. The van der Waals surface area contributed by atoms with Gasteiger partial charge in [-0.1, -0.05) is 49.6 Å². The van der Waals surface area contributed by atoms with Gasteiger partial charge in [0.2, 0.25) is 10.0 Å². The van der Waals surface area contributed by atoms with Gasteiger partial charge in [-0.2, -0.15) is 0 Å². The van der Waals surface area contributed by atoms with Crippen molar-refractivity contribution < 1.29 is 27.4 Å². The molecule has 11 heteroatoms. The number of carbonyl (C=O) groups is 1. The molecule has 2 aromatic rings. The molecule has 2 bridgehead atoms. The second-order valence-corrected chi connectivity index (χ2v) is 18.7. The third-order valence-electron chi connectivity index (χ3n) is 12.8. The topological polar surface area (TPSA) is 97.4 Å². The number of aryl methyl sites for hydroxylation is 1. The summed E-state index contributed by atoms with van der Waals surface area (Å²) in [6, 6.07) is 11.7. The zero-order valence-corrected chi connectivity index (χ0v) is 32.0. The van der Waals surface area contributed by atoms with Crippen LogP contribution in [0.25, 0.3) is 0 Å². The van der Waals surface area contributed by atoms with Gasteiger partial charge in [0.1, 0.15) is 5.75 Å². The summed E-state index contributed by atoms with van der Waals surface area (Å²) in [5.74, 6) is 1.12. The lowest BCUT2D eigenvalue weighted by molar-refractivity contribution is -0.0315. The number of sulfonamides is 1. The smallest absolute Gasteiger partial charge is 0.264 e. The summed E-state index contributed by atoms with van der Waals surface area (Å²) in [5.41, 5.74) is 3.51. The van der Waals surface area contributed by atoms with Crippen LogP contribution in [-0.4, -0.2) is 89.7 Å². The third-order valence-corrected chi connectivity index (χ3v) is 15.0. The van der Waals surface area contributed by atoms with Crippen molar-refractivity contribution in [2.75, 3.05) is 64.1 Å². The van der Waals surface area contributed by atoms with E-state index in [1.54, 1.807) is 6.07 Å².